The highest BCUT2D eigenvalue weighted by atomic mass is 31.2. The molecule has 91 heavy (non-hydrogen) atoms. The van der Waals surface area contributed by atoms with E-state index in [-0.39, 0.29) is 25.4 Å². The summed E-state index contributed by atoms with van der Waals surface area (Å²) < 4.78 is 75.5. The second-order valence-corrected chi connectivity index (χ2v) is 24.2. The average molecular weight is 1290 g/mol. The van der Waals surface area contributed by atoms with Crippen LogP contribution in [0, 0.1) is 0 Å². The van der Waals surface area contributed by atoms with E-state index in [1.165, 1.54) is 0 Å². The van der Waals surface area contributed by atoms with Crippen LogP contribution in [0.4, 0.5) is 0 Å². The maximum Gasteiger partial charge on any atom is 0.647 e. The first kappa shape index (κ1) is 75.6. The zero-order chi connectivity index (χ0) is 65.9. The van der Waals surface area contributed by atoms with Crippen LogP contribution >= 0.6 is 15.6 Å². The van der Waals surface area contributed by atoms with Crippen molar-refractivity contribution in [3.8, 4) is 45.6 Å². The quantitative estimate of drug-likeness (QED) is 0.0162. The number of phosphoric ester groups is 2. The van der Waals surface area contributed by atoms with E-state index in [1.54, 1.807) is 133 Å². The number of para-hydroxylation sites is 5. The first-order chi connectivity index (χ1) is 44.0. The van der Waals surface area contributed by atoms with Crippen molar-refractivity contribution in [3.05, 3.63) is 206 Å². The fourth-order valence-electron chi connectivity index (χ4n) is 8.43. The first-order valence-corrected chi connectivity index (χ1v) is 34.6. The second kappa shape index (κ2) is 43.0. The van der Waals surface area contributed by atoms with Gasteiger partial charge < -0.3 is 51.6 Å². The van der Waals surface area contributed by atoms with Gasteiger partial charge in [-0.25, -0.2) is 4.79 Å². The molecule has 0 heterocycles. The molecule has 2 N–H and O–H groups in total. The molecule has 0 bridgehead atoms. The Morgan fingerprint density at radius 1 is 0.330 bits per heavy atom. The van der Waals surface area contributed by atoms with Crippen LogP contribution < -0.4 is 27.1 Å². The van der Waals surface area contributed by atoms with Gasteiger partial charge in [-0.3, -0.25) is 9.59 Å². The van der Waals surface area contributed by atoms with Gasteiger partial charge in [0.15, 0.2) is 5.60 Å². The summed E-state index contributed by atoms with van der Waals surface area (Å²) in [6, 6.07) is 61.3. The van der Waals surface area contributed by atoms with Gasteiger partial charge in [-0.05, 0) is 122 Å². The van der Waals surface area contributed by atoms with Crippen LogP contribution in [-0.2, 0) is 37.7 Å². The molecule has 492 valence electrons. The van der Waals surface area contributed by atoms with Crippen LogP contribution in [0.2, 0.25) is 0 Å². The van der Waals surface area contributed by atoms with Gasteiger partial charge in [-0.2, -0.15) is 9.13 Å². The number of hydrogen-bond acceptors (Lipinski definition) is 16. The number of carbonyl (C=O) groups is 3. The van der Waals surface area contributed by atoms with E-state index in [0.717, 1.165) is 101 Å². The summed E-state index contributed by atoms with van der Waals surface area (Å²) in [5.74, 6) is -0.0291. The fraction of sp³-hybridized carbons (Fsp3) is 0.384. The number of benzene rings is 7. The lowest BCUT2D eigenvalue weighted by atomic mass is 9.95. The zero-order valence-corrected chi connectivity index (χ0v) is 55.6. The van der Waals surface area contributed by atoms with Crippen LogP contribution in [0.5, 0.6) is 34.5 Å². The summed E-state index contributed by atoms with van der Waals surface area (Å²) in [7, 11) is -7.86. The van der Waals surface area contributed by atoms with Crippen LogP contribution in [-0.4, -0.2) is 59.1 Å². The van der Waals surface area contributed by atoms with Crippen LogP contribution in [0.15, 0.2) is 206 Å². The Morgan fingerprint density at radius 2 is 0.582 bits per heavy atom. The smallest absolute Gasteiger partial charge is 0.466 e. The van der Waals surface area contributed by atoms with E-state index in [0.29, 0.717) is 40.9 Å². The molecule has 0 aliphatic rings. The van der Waals surface area contributed by atoms with E-state index < -0.39 is 52.0 Å². The van der Waals surface area contributed by atoms with Crippen molar-refractivity contribution < 1.29 is 75.1 Å². The van der Waals surface area contributed by atoms with Gasteiger partial charge in [0.1, 0.15) is 34.5 Å². The van der Waals surface area contributed by atoms with E-state index in [4.69, 9.17) is 41.4 Å². The Balaban J connectivity index is 0.000000276. The molecule has 7 aromatic rings. The Morgan fingerprint density at radius 3 is 0.846 bits per heavy atom. The van der Waals surface area contributed by atoms with Crippen molar-refractivity contribution in [3.63, 3.8) is 0 Å². The van der Waals surface area contributed by atoms with E-state index >= 15 is 0 Å². The lowest BCUT2D eigenvalue weighted by molar-refractivity contribution is -0.178. The molecule has 7 rings (SSSR count). The highest BCUT2D eigenvalue weighted by molar-refractivity contribution is 7.50. The topological polar surface area (TPSA) is 209 Å². The molecule has 0 aromatic heterocycles. The summed E-state index contributed by atoms with van der Waals surface area (Å²) in [6.45, 7) is 12.9. The Hall–Kier alpha value is -7.87. The maximum atomic E-state index is 13.4. The predicted molar refractivity (Wildman–Crippen MR) is 358 cm³/mol. The molecule has 0 spiro atoms. The van der Waals surface area contributed by atoms with Crippen LogP contribution in [0.25, 0.3) is 11.1 Å². The number of esters is 3. The molecule has 0 radical (unpaired) electrons. The number of hydrogen-bond donors (Lipinski definition) is 2. The molecular formula is C73H94O16P2. The van der Waals surface area contributed by atoms with Gasteiger partial charge in [-0.15, -0.1) is 0 Å². The van der Waals surface area contributed by atoms with Crippen molar-refractivity contribution >= 4 is 33.6 Å². The Labute approximate surface area is 539 Å². The zero-order valence-electron chi connectivity index (χ0n) is 53.8. The van der Waals surface area contributed by atoms with E-state index in [9.17, 15) is 33.7 Å². The minimum atomic E-state index is -3.97. The van der Waals surface area contributed by atoms with Crippen LogP contribution in [0.3, 0.4) is 0 Å². The Kier molecular flexibility index (Phi) is 35.7. The molecule has 0 aliphatic heterocycles. The highest BCUT2D eigenvalue weighted by Crippen LogP contribution is 2.51. The molecule has 0 atom stereocenters. The van der Waals surface area contributed by atoms with Crippen LogP contribution in [0.1, 0.15) is 151 Å². The third-order valence-corrected chi connectivity index (χ3v) is 16.6. The SMILES string of the molecule is CCC(O)(CC)CC.CCCCCCOC(=O)CC(O)(CC(=O)OCCCCCC)C(=O)OCCCCCC.O=P(Oc1ccccc1)(Oc1ccccc1)Oc1ccc(-c2ccccc2)cc1.O=P(Oc1ccccc1)(Oc1ccccc1)Oc1ccccc1. The van der Waals surface area contributed by atoms with Gasteiger partial charge >= 0.3 is 33.6 Å². The average Bonchev–Trinajstić information content (AvgIpc) is 2.12. The number of aliphatic hydroxyl groups is 2. The molecule has 0 unspecified atom stereocenters. The summed E-state index contributed by atoms with van der Waals surface area (Å²) in [4.78, 5) is 36.9. The monoisotopic (exact) mass is 1290 g/mol. The van der Waals surface area contributed by atoms with Crippen molar-refractivity contribution in [2.45, 2.75) is 162 Å². The molecule has 18 heteroatoms. The number of ether oxygens (including phenoxy) is 3. The van der Waals surface area contributed by atoms with Gasteiger partial charge in [0.05, 0.1) is 38.3 Å². The van der Waals surface area contributed by atoms with Gasteiger partial charge in [0, 0.05) is 0 Å². The number of rotatable bonds is 36. The lowest BCUT2D eigenvalue weighted by Gasteiger charge is -2.24. The molecule has 0 saturated heterocycles. The molecule has 0 aliphatic carbocycles. The third-order valence-electron chi connectivity index (χ3n) is 14.0. The predicted octanol–water partition coefficient (Wildman–Crippen LogP) is 19.1. The molecule has 0 fully saturated rings. The largest absolute Gasteiger partial charge is 0.647 e. The van der Waals surface area contributed by atoms with Gasteiger partial charge in [0.25, 0.3) is 0 Å². The molecular weight excluding hydrogens is 1190 g/mol. The van der Waals surface area contributed by atoms with Gasteiger partial charge in [0.2, 0.25) is 0 Å². The number of phosphoric acid groups is 2. The van der Waals surface area contributed by atoms with Crippen molar-refractivity contribution in [1.29, 1.82) is 0 Å². The highest BCUT2D eigenvalue weighted by Gasteiger charge is 2.43. The molecule has 7 aromatic carbocycles. The third kappa shape index (κ3) is 31.1. The maximum absolute atomic E-state index is 13.4. The van der Waals surface area contributed by atoms with E-state index in [2.05, 4.69) is 20.8 Å². The minimum Gasteiger partial charge on any atom is -0.466 e. The van der Waals surface area contributed by atoms with Gasteiger partial charge in [-0.1, -0.05) is 233 Å². The first-order valence-electron chi connectivity index (χ1n) is 31.7. The number of carbonyl (C=O) groups excluding carboxylic acids is 3. The summed E-state index contributed by atoms with van der Waals surface area (Å²) in [5, 5.41) is 20.3. The Bertz CT molecular complexity index is 2950. The summed E-state index contributed by atoms with van der Waals surface area (Å²) in [6.07, 6.45) is 12.6. The second-order valence-electron chi connectivity index (χ2n) is 21.3. The molecule has 0 amide bonds. The van der Waals surface area contributed by atoms with Crippen molar-refractivity contribution in [2.75, 3.05) is 19.8 Å². The fourth-order valence-corrected chi connectivity index (χ4v) is 10.9. The molecule has 0 saturated carbocycles. The standard InChI is InChI=1S/C24H44O7.C24H19O4P.C18H15O4P.C7H16O/c1-4-7-10-13-16-29-21(25)19-24(28,23(27)31-18-15-12-9-6-3)20-22(26)30-17-14-11-8-5-2;25-29(26-22-12-6-2-7-13-22,27-23-14-8-3-9-15-23)28-24-18-16-21(17-19-24)20-10-4-1-5-11-20;19-23(20-16-10-4-1-5-11-16,21-17-12-6-2-7-13-17)22-18-14-8-3-9-15-18;1-4-7(8,5-2)6-3/h28H,4-20H2,1-3H3;1-19H;1-15H;8H,4-6H2,1-3H3. The minimum absolute atomic E-state index is 0.138. The normalized spacial score (nSPS) is 11.1. The number of unbranched alkanes of at least 4 members (excludes halogenated alkanes) is 9. The summed E-state index contributed by atoms with van der Waals surface area (Å²) >= 11 is 0. The van der Waals surface area contributed by atoms with Crippen molar-refractivity contribution in [2.24, 2.45) is 0 Å². The van der Waals surface area contributed by atoms with E-state index in [1.807, 2.05) is 93.6 Å². The van der Waals surface area contributed by atoms with Crippen molar-refractivity contribution in [1.82, 2.24) is 0 Å². The summed E-state index contributed by atoms with van der Waals surface area (Å²) in [5.41, 5.74) is -0.532. The molecule has 16 nitrogen and oxygen atoms in total. The lowest BCUT2D eigenvalue weighted by Crippen LogP contribution is -2.45.